The third kappa shape index (κ3) is 3.81. The van der Waals surface area contributed by atoms with Crippen LogP contribution in [0, 0.1) is 46.3 Å². The monoisotopic (exact) mass is 448 g/mol. The molecule has 1 N–H and O–H groups in total. The van der Waals surface area contributed by atoms with Crippen LogP contribution in [0.5, 0.6) is 0 Å². The van der Waals surface area contributed by atoms with Crippen molar-refractivity contribution in [2.24, 2.45) is 46.3 Å². The molecule has 0 heterocycles. The van der Waals surface area contributed by atoms with E-state index in [0.717, 1.165) is 23.7 Å². The molecule has 4 aliphatic rings. The molecule has 0 aromatic carbocycles. The van der Waals surface area contributed by atoms with Crippen molar-refractivity contribution in [1.82, 2.24) is 0 Å². The molecule has 4 fully saturated rings. The van der Waals surface area contributed by atoms with E-state index in [1.54, 1.807) is 0 Å². The number of rotatable bonds is 3. The van der Waals surface area contributed by atoms with E-state index < -0.39 is 8.32 Å². The van der Waals surface area contributed by atoms with Gasteiger partial charge in [0.1, 0.15) is 0 Å². The first-order valence-corrected chi connectivity index (χ1v) is 16.5. The molecular weight excluding hydrogens is 396 g/mol. The fraction of sp³-hybridized carbons (Fsp3) is 1.00. The van der Waals surface area contributed by atoms with Crippen molar-refractivity contribution in [2.75, 3.05) is 0 Å². The number of aliphatic hydroxyl groups is 1. The molecule has 0 spiro atoms. The van der Waals surface area contributed by atoms with E-state index in [1.807, 2.05) is 0 Å². The van der Waals surface area contributed by atoms with Crippen LogP contribution in [0.2, 0.25) is 18.1 Å². The SMILES string of the molecule is CC(O)[C@H]1CC[C@H]2[C@@H]3C(O[Si](C)(C)C(C)(C)C)C[C@H]4C[C@@H](C)CC[C@]4(C)[C@H]3CC[C@]12C. The lowest BCUT2D eigenvalue weighted by Gasteiger charge is -2.64. The first-order valence-electron chi connectivity index (χ1n) is 13.6. The van der Waals surface area contributed by atoms with Crippen molar-refractivity contribution in [2.45, 2.75) is 130 Å². The zero-order valence-electron chi connectivity index (χ0n) is 22.1. The lowest BCUT2D eigenvalue weighted by Crippen LogP contribution is -2.61. The van der Waals surface area contributed by atoms with Gasteiger partial charge in [0, 0.05) is 6.10 Å². The Balaban J connectivity index is 1.72. The maximum atomic E-state index is 10.7. The van der Waals surface area contributed by atoms with Gasteiger partial charge >= 0.3 is 0 Å². The summed E-state index contributed by atoms with van der Waals surface area (Å²) in [6.45, 7) is 21.9. The van der Waals surface area contributed by atoms with Crippen LogP contribution in [-0.2, 0) is 4.43 Å². The van der Waals surface area contributed by atoms with Crippen LogP contribution in [0.1, 0.15) is 99.8 Å². The van der Waals surface area contributed by atoms with E-state index in [0.29, 0.717) is 28.8 Å². The highest BCUT2D eigenvalue weighted by Gasteiger charge is 2.63. The molecule has 0 amide bonds. The maximum Gasteiger partial charge on any atom is 0.192 e. The summed E-state index contributed by atoms with van der Waals surface area (Å²) in [5.41, 5.74) is 0.810. The van der Waals surface area contributed by atoms with E-state index in [4.69, 9.17) is 4.43 Å². The summed E-state index contributed by atoms with van der Waals surface area (Å²) in [6.07, 6.45) is 11.0. The zero-order chi connectivity index (χ0) is 23.0. The zero-order valence-corrected chi connectivity index (χ0v) is 23.1. The van der Waals surface area contributed by atoms with E-state index in [9.17, 15) is 5.11 Å². The highest BCUT2D eigenvalue weighted by molar-refractivity contribution is 6.74. The van der Waals surface area contributed by atoms with Crippen LogP contribution in [0.3, 0.4) is 0 Å². The fourth-order valence-electron chi connectivity index (χ4n) is 8.92. The van der Waals surface area contributed by atoms with Gasteiger partial charge in [-0.25, -0.2) is 0 Å². The average molecular weight is 449 g/mol. The first kappa shape index (κ1) is 24.3. The molecule has 2 unspecified atom stereocenters. The van der Waals surface area contributed by atoms with Gasteiger partial charge in [-0.2, -0.15) is 0 Å². The predicted molar refractivity (Wildman–Crippen MR) is 134 cm³/mol. The molecule has 10 atom stereocenters. The summed E-state index contributed by atoms with van der Waals surface area (Å²) in [7, 11) is -1.82. The standard InChI is InChI=1S/C28H52O2Si/c1-18-12-14-27(6)20(16-18)17-24(30-31(8,9)26(3,4)5)25-22-11-10-21(19(2)29)28(22,7)15-13-23(25)27/h18-25,29H,10-17H2,1-9H3/t18-,19?,20+,21+,22-,23-,24?,25-,27-,28+/m0/s1. The Morgan fingerprint density at radius 2 is 1.55 bits per heavy atom. The first-order chi connectivity index (χ1) is 14.2. The summed E-state index contributed by atoms with van der Waals surface area (Å²) in [5, 5.41) is 10.9. The van der Waals surface area contributed by atoms with Gasteiger partial charge in [0.2, 0.25) is 0 Å². The Bertz CT molecular complexity index is 666. The maximum absolute atomic E-state index is 10.7. The van der Waals surface area contributed by atoms with Crippen molar-refractivity contribution in [3.63, 3.8) is 0 Å². The largest absolute Gasteiger partial charge is 0.414 e. The van der Waals surface area contributed by atoms with Crippen LogP contribution in [0.4, 0.5) is 0 Å². The minimum Gasteiger partial charge on any atom is -0.414 e. The topological polar surface area (TPSA) is 29.5 Å². The molecule has 0 radical (unpaired) electrons. The van der Waals surface area contributed by atoms with Gasteiger partial charge in [0.05, 0.1) is 6.10 Å². The fourth-order valence-corrected chi connectivity index (χ4v) is 10.3. The molecule has 0 aromatic rings. The molecule has 2 nitrogen and oxygen atoms in total. The third-order valence-corrected chi connectivity index (χ3v) is 16.3. The Morgan fingerprint density at radius 1 is 0.935 bits per heavy atom. The van der Waals surface area contributed by atoms with E-state index in [1.165, 1.54) is 51.4 Å². The molecule has 3 heteroatoms. The van der Waals surface area contributed by atoms with Gasteiger partial charge in [-0.3, -0.25) is 0 Å². The molecule has 180 valence electrons. The third-order valence-electron chi connectivity index (χ3n) is 11.8. The second-order valence-corrected chi connectivity index (χ2v) is 19.3. The van der Waals surface area contributed by atoms with Crippen molar-refractivity contribution in [3.8, 4) is 0 Å². The van der Waals surface area contributed by atoms with Crippen LogP contribution in [0.15, 0.2) is 0 Å². The van der Waals surface area contributed by atoms with Gasteiger partial charge in [-0.15, -0.1) is 0 Å². The molecule has 4 aliphatic carbocycles. The van der Waals surface area contributed by atoms with Crippen LogP contribution in [-0.4, -0.2) is 25.6 Å². The minimum absolute atomic E-state index is 0.172. The molecule has 0 saturated heterocycles. The van der Waals surface area contributed by atoms with Gasteiger partial charge in [0.25, 0.3) is 0 Å². The second-order valence-electron chi connectivity index (χ2n) is 14.5. The summed E-state index contributed by atoms with van der Waals surface area (Å²) < 4.78 is 7.37. The lowest BCUT2D eigenvalue weighted by molar-refractivity contribution is -0.166. The molecule has 0 aromatic heterocycles. The van der Waals surface area contributed by atoms with Gasteiger partial charge < -0.3 is 9.53 Å². The molecular formula is C28H52O2Si. The Morgan fingerprint density at radius 3 is 2.16 bits per heavy atom. The summed E-state index contributed by atoms with van der Waals surface area (Å²) in [5.74, 6) is 4.45. The van der Waals surface area contributed by atoms with Crippen molar-refractivity contribution in [3.05, 3.63) is 0 Å². The highest BCUT2D eigenvalue weighted by Crippen LogP contribution is 2.68. The summed E-state index contributed by atoms with van der Waals surface area (Å²) in [6, 6.07) is 0. The highest BCUT2D eigenvalue weighted by atomic mass is 28.4. The Kier molecular flexibility index (Phi) is 6.13. The van der Waals surface area contributed by atoms with E-state index in [-0.39, 0.29) is 11.1 Å². The van der Waals surface area contributed by atoms with E-state index >= 15 is 0 Å². The molecule has 4 saturated carbocycles. The minimum atomic E-state index is -1.82. The number of fused-ring (bicyclic) bond motifs is 5. The van der Waals surface area contributed by atoms with Gasteiger partial charge in [-0.1, -0.05) is 48.0 Å². The lowest BCUT2D eigenvalue weighted by atomic mass is 9.43. The number of aliphatic hydroxyl groups excluding tert-OH is 1. The van der Waals surface area contributed by atoms with Crippen molar-refractivity contribution >= 4 is 8.32 Å². The number of hydrogen-bond acceptors (Lipinski definition) is 2. The van der Waals surface area contributed by atoms with Gasteiger partial charge in [0.15, 0.2) is 8.32 Å². The molecule has 31 heavy (non-hydrogen) atoms. The van der Waals surface area contributed by atoms with Crippen LogP contribution in [0.25, 0.3) is 0 Å². The van der Waals surface area contributed by atoms with Crippen molar-refractivity contribution in [1.29, 1.82) is 0 Å². The van der Waals surface area contributed by atoms with Crippen LogP contribution < -0.4 is 0 Å². The van der Waals surface area contributed by atoms with E-state index in [2.05, 4.69) is 61.6 Å². The predicted octanol–water partition coefficient (Wildman–Crippen LogP) is 7.66. The van der Waals surface area contributed by atoms with Crippen molar-refractivity contribution < 1.29 is 9.53 Å². The summed E-state index contributed by atoms with van der Waals surface area (Å²) >= 11 is 0. The van der Waals surface area contributed by atoms with Crippen LogP contribution >= 0.6 is 0 Å². The molecule has 0 bridgehead atoms. The average Bonchev–Trinajstić information content (AvgIpc) is 2.99. The van der Waals surface area contributed by atoms with Gasteiger partial charge in [-0.05, 0) is 116 Å². The smallest absolute Gasteiger partial charge is 0.192 e. The Hall–Kier alpha value is 0.137. The summed E-state index contributed by atoms with van der Waals surface area (Å²) in [4.78, 5) is 0. The quantitative estimate of drug-likeness (QED) is 0.449. The Labute approximate surface area is 194 Å². The second kappa shape index (κ2) is 7.84. The molecule has 0 aliphatic heterocycles. The normalized spacial score (nSPS) is 49.2. The molecule has 4 rings (SSSR count). The number of hydrogen-bond donors (Lipinski definition) is 1.